The molecule has 5 rings (SSSR count). The number of carbonyl (C=O) groups excluding carboxylic acids is 1. The molecule has 58 heavy (non-hydrogen) atoms. The van der Waals surface area contributed by atoms with E-state index in [4.69, 9.17) is 14.2 Å². The Balaban J connectivity index is 1.00. The monoisotopic (exact) mass is 815 g/mol. The predicted octanol–water partition coefficient (Wildman–Crippen LogP) is 12.0. The zero-order valence-corrected chi connectivity index (χ0v) is 38.3. The molecule has 1 aliphatic heterocycles. The van der Waals surface area contributed by atoms with Crippen LogP contribution in [0.25, 0.3) is 0 Å². The highest BCUT2D eigenvalue weighted by Crippen LogP contribution is 2.67. The minimum Gasteiger partial charge on any atom is -0.463 e. The molecule has 336 valence electrons. The third-order valence-electron chi connectivity index (χ3n) is 16.6. The third-order valence-corrected chi connectivity index (χ3v) is 16.6. The van der Waals surface area contributed by atoms with Gasteiger partial charge >= 0.3 is 5.97 Å². The Hall–Kier alpha value is -0.990. The fourth-order valence-corrected chi connectivity index (χ4v) is 13.0. The van der Waals surface area contributed by atoms with Crippen molar-refractivity contribution in [2.45, 2.75) is 252 Å². The fourth-order valence-electron chi connectivity index (χ4n) is 13.0. The molecule has 0 spiro atoms. The number of hydrogen-bond acceptors (Lipinski definition) is 7. The van der Waals surface area contributed by atoms with Crippen molar-refractivity contribution >= 4 is 5.97 Å². The molecule has 0 aromatic rings. The number of esters is 1. The fraction of sp³-hybridized carbons (Fsp3) is 0.941. The van der Waals surface area contributed by atoms with Crippen LogP contribution >= 0.6 is 0 Å². The highest BCUT2D eigenvalue weighted by atomic mass is 16.7. The maximum absolute atomic E-state index is 12.6. The van der Waals surface area contributed by atoms with Gasteiger partial charge in [0, 0.05) is 6.42 Å². The number of ether oxygens (including phenoxy) is 3. The summed E-state index contributed by atoms with van der Waals surface area (Å²) in [5, 5.41) is 32.5. The topological polar surface area (TPSA) is 105 Å². The van der Waals surface area contributed by atoms with E-state index in [1.165, 1.54) is 128 Å². The molecule has 5 aliphatic rings. The first-order chi connectivity index (χ1) is 27.9. The van der Waals surface area contributed by atoms with Crippen molar-refractivity contribution in [1.29, 1.82) is 0 Å². The first-order valence-corrected chi connectivity index (χ1v) is 25.1. The largest absolute Gasteiger partial charge is 0.463 e. The maximum Gasteiger partial charge on any atom is 0.305 e. The van der Waals surface area contributed by atoms with E-state index in [0.717, 1.165) is 74.5 Å². The number of fused-ring (bicyclic) bond motifs is 5. The van der Waals surface area contributed by atoms with Crippen molar-refractivity contribution in [1.82, 2.24) is 0 Å². The Morgan fingerprint density at radius 1 is 0.759 bits per heavy atom. The first kappa shape index (κ1) is 48.0. The molecule has 13 atom stereocenters. The lowest BCUT2D eigenvalue weighted by atomic mass is 9.47. The lowest BCUT2D eigenvalue weighted by molar-refractivity contribution is -0.313. The van der Waals surface area contributed by atoms with Gasteiger partial charge in [0.2, 0.25) is 0 Å². The molecule has 3 N–H and O–H groups in total. The van der Waals surface area contributed by atoms with Gasteiger partial charge in [-0.15, -0.1) is 0 Å². The molecule has 0 bridgehead atoms. The average Bonchev–Trinajstić information content (AvgIpc) is 3.56. The summed E-state index contributed by atoms with van der Waals surface area (Å²) in [6, 6.07) is 0. The van der Waals surface area contributed by atoms with E-state index in [0.29, 0.717) is 17.8 Å². The number of rotatable bonds is 25. The van der Waals surface area contributed by atoms with E-state index in [9.17, 15) is 20.1 Å². The van der Waals surface area contributed by atoms with Crippen molar-refractivity contribution in [3.8, 4) is 0 Å². The first-order valence-electron chi connectivity index (χ1n) is 25.1. The van der Waals surface area contributed by atoms with Crippen molar-refractivity contribution in [3.05, 3.63) is 11.6 Å². The van der Waals surface area contributed by atoms with Crippen LogP contribution < -0.4 is 0 Å². The summed E-state index contributed by atoms with van der Waals surface area (Å²) in [6.07, 6.45) is 29.1. The van der Waals surface area contributed by atoms with E-state index in [2.05, 4.69) is 47.6 Å². The molecule has 0 radical (unpaired) electrons. The summed E-state index contributed by atoms with van der Waals surface area (Å²) in [5.74, 6) is 4.45. The standard InChI is InChI=1S/C51H90O7/c1-7-8-9-10-11-12-13-14-15-16-17-18-19-20-21-25-45(52)56-35-44-46(53)47(54)48(55)49(58-44)57-39-30-32-50(5)38(34-39)26-27-40-42-29-28-41(37(4)24-22-23-36(2)3)51(42,6)33-31-43(40)50/h26,36-37,39-44,46-49,53-55H,7-25,27-35H2,1-6H3/t37-,39+,40+,41-,42+,43+,44-,46+,47+,48-,49-,50+,51-/m1/s1. The number of carbonyl (C=O) groups is 1. The number of allylic oxidation sites excluding steroid dienone is 1. The second-order valence-electron chi connectivity index (χ2n) is 21.2. The number of aliphatic hydroxyl groups is 3. The van der Waals surface area contributed by atoms with Gasteiger partial charge in [0.25, 0.3) is 0 Å². The molecular formula is C51H90O7. The smallest absolute Gasteiger partial charge is 0.305 e. The summed E-state index contributed by atoms with van der Waals surface area (Å²) in [6.45, 7) is 14.5. The van der Waals surface area contributed by atoms with E-state index >= 15 is 0 Å². The minimum atomic E-state index is -1.44. The highest BCUT2D eigenvalue weighted by molar-refractivity contribution is 5.69. The maximum atomic E-state index is 12.6. The SMILES string of the molecule is CCCCCCCCCCCCCCCCCC(=O)OC[C@H]1O[C@@H](O[C@H]2CC[C@@]3(C)C(=CC[C@H]4[C@@H]5CC[C@H]([C@H](C)CCCC(C)C)[C@@]5(C)CC[C@@H]43)C2)[C@H](O)[C@@H](O)[C@H]1O. The Labute approximate surface area is 355 Å². The van der Waals surface area contributed by atoms with Gasteiger partial charge in [0.15, 0.2) is 6.29 Å². The zero-order valence-electron chi connectivity index (χ0n) is 38.3. The molecule has 4 fully saturated rings. The molecule has 1 heterocycles. The second-order valence-corrected chi connectivity index (χ2v) is 21.2. The van der Waals surface area contributed by atoms with E-state index in [1.54, 1.807) is 0 Å². The van der Waals surface area contributed by atoms with Crippen LogP contribution in [0.2, 0.25) is 0 Å². The van der Waals surface area contributed by atoms with Crippen LogP contribution in [0.15, 0.2) is 11.6 Å². The van der Waals surface area contributed by atoms with Gasteiger partial charge in [-0.2, -0.15) is 0 Å². The minimum absolute atomic E-state index is 0.136. The molecule has 4 aliphatic carbocycles. The Morgan fingerprint density at radius 2 is 1.40 bits per heavy atom. The van der Waals surface area contributed by atoms with Gasteiger partial charge in [-0.1, -0.05) is 162 Å². The van der Waals surface area contributed by atoms with Crippen LogP contribution in [0.1, 0.15) is 215 Å². The molecule has 0 aromatic heterocycles. The van der Waals surface area contributed by atoms with Crippen LogP contribution in [-0.2, 0) is 19.0 Å². The Kier molecular flexibility index (Phi) is 19.4. The molecule has 3 saturated carbocycles. The molecule has 0 amide bonds. The number of hydrogen-bond donors (Lipinski definition) is 3. The zero-order chi connectivity index (χ0) is 41.7. The van der Waals surface area contributed by atoms with Crippen LogP contribution in [-0.4, -0.2) is 64.7 Å². The van der Waals surface area contributed by atoms with E-state index < -0.39 is 30.7 Å². The Morgan fingerprint density at radius 3 is 2.03 bits per heavy atom. The van der Waals surface area contributed by atoms with Crippen LogP contribution in [0.3, 0.4) is 0 Å². The van der Waals surface area contributed by atoms with Gasteiger partial charge in [0.1, 0.15) is 31.0 Å². The molecule has 0 unspecified atom stereocenters. The summed E-state index contributed by atoms with van der Waals surface area (Å²) in [5.41, 5.74) is 2.15. The van der Waals surface area contributed by atoms with E-state index in [-0.39, 0.29) is 24.1 Å². The van der Waals surface area contributed by atoms with Crippen molar-refractivity contribution < 1.29 is 34.3 Å². The molecular weight excluding hydrogens is 725 g/mol. The molecule has 7 heteroatoms. The predicted molar refractivity (Wildman–Crippen MR) is 235 cm³/mol. The summed E-state index contributed by atoms with van der Waals surface area (Å²) >= 11 is 0. The van der Waals surface area contributed by atoms with Crippen molar-refractivity contribution in [3.63, 3.8) is 0 Å². The van der Waals surface area contributed by atoms with Gasteiger partial charge in [-0.25, -0.2) is 0 Å². The van der Waals surface area contributed by atoms with Gasteiger partial charge in [-0.3, -0.25) is 4.79 Å². The highest BCUT2D eigenvalue weighted by Gasteiger charge is 2.59. The van der Waals surface area contributed by atoms with Crippen molar-refractivity contribution in [2.24, 2.45) is 46.3 Å². The van der Waals surface area contributed by atoms with Gasteiger partial charge in [0.05, 0.1) is 6.10 Å². The summed E-state index contributed by atoms with van der Waals surface area (Å²) < 4.78 is 18.0. The van der Waals surface area contributed by atoms with E-state index in [1.807, 2.05) is 0 Å². The summed E-state index contributed by atoms with van der Waals surface area (Å²) in [4.78, 5) is 12.6. The lowest BCUT2D eigenvalue weighted by Gasteiger charge is -2.58. The molecule has 1 saturated heterocycles. The lowest BCUT2D eigenvalue weighted by Crippen LogP contribution is -2.60. The second kappa shape index (κ2) is 23.5. The molecule has 0 aromatic carbocycles. The van der Waals surface area contributed by atoms with Gasteiger partial charge in [-0.05, 0) is 104 Å². The average molecular weight is 815 g/mol. The van der Waals surface area contributed by atoms with Crippen LogP contribution in [0, 0.1) is 46.3 Å². The van der Waals surface area contributed by atoms with Crippen LogP contribution in [0.4, 0.5) is 0 Å². The third kappa shape index (κ3) is 12.6. The summed E-state index contributed by atoms with van der Waals surface area (Å²) in [7, 11) is 0. The van der Waals surface area contributed by atoms with Crippen molar-refractivity contribution in [2.75, 3.05) is 6.61 Å². The Bertz CT molecular complexity index is 1240. The normalized spacial score (nSPS) is 36.6. The quantitative estimate of drug-likeness (QED) is 0.0479. The number of aliphatic hydroxyl groups excluding tert-OH is 3. The van der Waals surface area contributed by atoms with Gasteiger partial charge < -0.3 is 29.5 Å². The number of unbranched alkanes of at least 4 members (excludes halogenated alkanes) is 14. The molecule has 7 nitrogen and oxygen atoms in total. The van der Waals surface area contributed by atoms with Crippen LogP contribution in [0.5, 0.6) is 0 Å².